The van der Waals surface area contributed by atoms with Crippen LogP contribution in [0, 0.1) is 0 Å². The Morgan fingerprint density at radius 2 is 1.74 bits per heavy atom. The molecule has 2 aromatic rings. The Hall–Kier alpha value is -2.29. The van der Waals surface area contributed by atoms with E-state index in [2.05, 4.69) is 6.07 Å². The monoisotopic (exact) mass is 252 g/mol. The predicted molar refractivity (Wildman–Crippen MR) is 77.7 cm³/mol. The number of anilines is 2. The van der Waals surface area contributed by atoms with Crippen molar-refractivity contribution in [2.45, 2.75) is 6.42 Å². The summed E-state index contributed by atoms with van der Waals surface area (Å²) < 4.78 is 0. The number of carbonyl (C=O) groups is 1. The lowest BCUT2D eigenvalue weighted by molar-refractivity contribution is 0.253. The molecule has 96 valence electrons. The average Bonchev–Trinajstić information content (AvgIpc) is 2.90. The van der Waals surface area contributed by atoms with Gasteiger partial charge >= 0.3 is 6.03 Å². The highest BCUT2D eigenvalue weighted by atomic mass is 16.2. The lowest BCUT2D eigenvalue weighted by atomic mass is 10.2. The molecule has 1 heterocycles. The summed E-state index contributed by atoms with van der Waals surface area (Å²) in [5.74, 6) is 0. The number of benzene rings is 2. The molecule has 3 heteroatoms. The van der Waals surface area contributed by atoms with Gasteiger partial charge in [0.2, 0.25) is 0 Å². The molecule has 3 nitrogen and oxygen atoms in total. The summed E-state index contributed by atoms with van der Waals surface area (Å²) >= 11 is 0. The molecular weight excluding hydrogens is 236 g/mol. The van der Waals surface area contributed by atoms with Crippen LogP contribution in [0.5, 0.6) is 0 Å². The van der Waals surface area contributed by atoms with Gasteiger partial charge in [-0.25, -0.2) is 4.79 Å². The third kappa shape index (κ3) is 2.08. The molecule has 0 bridgehead atoms. The van der Waals surface area contributed by atoms with E-state index >= 15 is 0 Å². The van der Waals surface area contributed by atoms with Gasteiger partial charge in [-0.3, -0.25) is 9.80 Å². The molecule has 0 N–H and O–H groups in total. The van der Waals surface area contributed by atoms with Gasteiger partial charge in [0.05, 0.1) is 0 Å². The van der Waals surface area contributed by atoms with Crippen LogP contribution in [0.25, 0.3) is 0 Å². The Morgan fingerprint density at radius 1 is 1.05 bits per heavy atom. The highest BCUT2D eigenvalue weighted by Gasteiger charge is 2.26. The summed E-state index contributed by atoms with van der Waals surface area (Å²) in [5.41, 5.74) is 3.20. The van der Waals surface area contributed by atoms with Gasteiger partial charge in [0.25, 0.3) is 0 Å². The number of nitrogens with zero attached hydrogens (tertiary/aromatic N) is 2. The second-order valence-electron chi connectivity index (χ2n) is 4.71. The first kappa shape index (κ1) is 11.8. The van der Waals surface area contributed by atoms with Crippen LogP contribution in [0.2, 0.25) is 0 Å². The Bertz CT molecular complexity index is 595. The fourth-order valence-corrected chi connectivity index (χ4v) is 2.48. The van der Waals surface area contributed by atoms with E-state index in [-0.39, 0.29) is 6.03 Å². The summed E-state index contributed by atoms with van der Waals surface area (Å²) in [6.07, 6.45) is 0.935. The lowest BCUT2D eigenvalue weighted by Crippen LogP contribution is -2.40. The molecule has 0 aromatic heterocycles. The topological polar surface area (TPSA) is 23.6 Å². The van der Waals surface area contributed by atoms with Crippen LogP contribution in [0.4, 0.5) is 16.2 Å². The minimum atomic E-state index is 0.0242. The van der Waals surface area contributed by atoms with Gasteiger partial charge in [-0.15, -0.1) is 0 Å². The summed E-state index contributed by atoms with van der Waals surface area (Å²) in [4.78, 5) is 16.1. The standard InChI is InChI=1S/C16H16N2O/c1-17(14-8-3-2-4-9-14)16(19)18-12-11-13-7-5-6-10-15(13)18/h2-10H,11-12H2,1H3. The zero-order valence-electron chi connectivity index (χ0n) is 10.9. The Balaban J connectivity index is 1.86. The van der Waals surface area contributed by atoms with Crippen LogP contribution < -0.4 is 9.80 Å². The number of hydrogen-bond acceptors (Lipinski definition) is 1. The first-order chi connectivity index (χ1) is 9.27. The summed E-state index contributed by atoms with van der Waals surface area (Å²) in [6, 6.07) is 17.8. The molecule has 2 amide bonds. The number of rotatable bonds is 1. The van der Waals surface area contributed by atoms with Gasteiger partial charge < -0.3 is 0 Å². The number of fused-ring (bicyclic) bond motifs is 1. The van der Waals surface area contributed by atoms with Gasteiger partial charge in [-0.2, -0.15) is 0 Å². The summed E-state index contributed by atoms with van der Waals surface area (Å²) in [5, 5.41) is 0. The van der Waals surface area contributed by atoms with Crippen LogP contribution in [0.1, 0.15) is 5.56 Å². The zero-order chi connectivity index (χ0) is 13.2. The molecule has 0 radical (unpaired) electrons. The molecule has 2 aromatic carbocycles. The third-order valence-electron chi connectivity index (χ3n) is 3.55. The summed E-state index contributed by atoms with van der Waals surface area (Å²) in [6.45, 7) is 0.759. The van der Waals surface area contributed by atoms with Crippen molar-refractivity contribution in [3.63, 3.8) is 0 Å². The molecule has 0 saturated heterocycles. The number of carbonyl (C=O) groups excluding carboxylic acids is 1. The van der Waals surface area contributed by atoms with Gasteiger partial charge in [0.15, 0.2) is 0 Å². The fraction of sp³-hybridized carbons (Fsp3) is 0.188. The third-order valence-corrected chi connectivity index (χ3v) is 3.55. The minimum Gasteiger partial charge on any atom is -0.297 e. The van der Waals surface area contributed by atoms with E-state index in [0.717, 1.165) is 24.3 Å². The van der Waals surface area contributed by atoms with Gasteiger partial charge in [0, 0.05) is 25.0 Å². The van der Waals surface area contributed by atoms with Crippen molar-refractivity contribution in [1.29, 1.82) is 0 Å². The van der Waals surface area contributed by atoms with Crippen LogP contribution >= 0.6 is 0 Å². The van der Waals surface area contributed by atoms with Crippen molar-refractivity contribution in [2.75, 3.05) is 23.4 Å². The molecular formula is C16H16N2O. The van der Waals surface area contributed by atoms with Crippen molar-refractivity contribution in [1.82, 2.24) is 0 Å². The number of urea groups is 1. The SMILES string of the molecule is CN(C(=O)N1CCc2ccccc21)c1ccccc1. The minimum absolute atomic E-state index is 0.0242. The van der Waals surface area contributed by atoms with Gasteiger partial charge in [0.1, 0.15) is 0 Å². The highest BCUT2D eigenvalue weighted by Crippen LogP contribution is 2.29. The first-order valence-electron chi connectivity index (χ1n) is 6.45. The molecule has 19 heavy (non-hydrogen) atoms. The maximum atomic E-state index is 12.6. The van der Waals surface area contributed by atoms with E-state index in [4.69, 9.17) is 0 Å². The average molecular weight is 252 g/mol. The Morgan fingerprint density at radius 3 is 2.53 bits per heavy atom. The van der Waals surface area contributed by atoms with Gasteiger partial charge in [-0.05, 0) is 30.2 Å². The van der Waals surface area contributed by atoms with E-state index in [1.165, 1.54) is 5.56 Å². The van der Waals surface area contributed by atoms with E-state index in [0.29, 0.717) is 0 Å². The van der Waals surface area contributed by atoms with Crippen LogP contribution in [-0.4, -0.2) is 19.6 Å². The lowest BCUT2D eigenvalue weighted by Gasteiger charge is -2.25. The van der Waals surface area contributed by atoms with Crippen molar-refractivity contribution in [3.05, 3.63) is 60.2 Å². The largest absolute Gasteiger partial charge is 0.328 e. The predicted octanol–water partition coefficient (Wildman–Crippen LogP) is 3.31. The molecule has 1 aliphatic heterocycles. The molecule has 0 atom stereocenters. The van der Waals surface area contributed by atoms with E-state index in [9.17, 15) is 4.79 Å². The Labute approximate surface area is 113 Å². The van der Waals surface area contributed by atoms with Crippen LogP contribution in [-0.2, 0) is 6.42 Å². The fourth-order valence-electron chi connectivity index (χ4n) is 2.48. The van der Waals surface area contributed by atoms with Crippen molar-refractivity contribution in [3.8, 4) is 0 Å². The maximum Gasteiger partial charge on any atom is 0.328 e. The molecule has 0 spiro atoms. The van der Waals surface area contributed by atoms with E-state index in [1.807, 2.05) is 60.5 Å². The number of para-hydroxylation sites is 2. The van der Waals surface area contributed by atoms with Crippen molar-refractivity contribution < 1.29 is 4.79 Å². The van der Waals surface area contributed by atoms with Crippen LogP contribution in [0.15, 0.2) is 54.6 Å². The van der Waals surface area contributed by atoms with E-state index < -0.39 is 0 Å². The van der Waals surface area contributed by atoms with Crippen molar-refractivity contribution >= 4 is 17.4 Å². The second-order valence-corrected chi connectivity index (χ2v) is 4.71. The molecule has 0 aliphatic carbocycles. The molecule has 0 fully saturated rings. The number of amides is 2. The maximum absolute atomic E-state index is 12.6. The molecule has 0 saturated carbocycles. The normalized spacial score (nSPS) is 13.2. The van der Waals surface area contributed by atoms with E-state index in [1.54, 1.807) is 4.90 Å². The molecule has 3 rings (SSSR count). The van der Waals surface area contributed by atoms with Crippen molar-refractivity contribution in [2.24, 2.45) is 0 Å². The summed E-state index contributed by atoms with van der Waals surface area (Å²) in [7, 11) is 1.82. The first-order valence-corrected chi connectivity index (χ1v) is 6.45. The zero-order valence-corrected chi connectivity index (χ0v) is 10.9. The highest BCUT2D eigenvalue weighted by molar-refractivity contribution is 6.04. The quantitative estimate of drug-likeness (QED) is 0.763. The Kier molecular flexibility index (Phi) is 2.95. The number of hydrogen-bond donors (Lipinski definition) is 0. The molecule has 1 aliphatic rings. The molecule has 0 unspecified atom stereocenters. The second kappa shape index (κ2) is 4.76. The van der Waals surface area contributed by atoms with Gasteiger partial charge in [-0.1, -0.05) is 36.4 Å². The van der Waals surface area contributed by atoms with Crippen LogP contribution in [0.3, 0.4) is 0 Å². The smallest absolute Gasteiger partial charge is 0.297 e.